The molecule has 2 amide bonds. The van der Waals surface area contributed by atoms with E-state index in [1.165, 1.54) is 6.20 Å². The first-order chi connectivity index (χ1) is 12.1. The predicted octanol–water partition coefficient (Wildman–Crippen LogP) is 0.0856. The van der Waals surface area contributed by atoms with Gasteiger partial charge in [0.05, 0.1) is 25.1 Å². The summed E-state index contributed by atoms with van der Waals surface area (Å²) in [4.78, 5) is 36.5. The Morgan fingerprint density at radius 1 is 1.28 bits per heavy atom. The molecule has 1 N–H and O–H groups in total. The second-order valence-electron chi connectivity index (χ2n) is 5.98. The van der Waals surface area contributed by atoms with Crippen LogP contribution in [0.4, 0.5) is 0 Å². The highest BCUT2D eigenvalue weighted by molar-refractivity contribution is 5.92. The second-order valence-corrected chi connectivity index (χ2v) is 5.98. The van der Waals surface area contributed by atoms with Gasteiger partial charge in [0.25, 0.3) is 5.91 Å². The lowest BCUT2D eigenvalue weighted by molar-refractivity contribution is -0.121. The minimum Gasteiger partial charge on any atom is -0.379 e. The van der Waals surface area contributed by atoms with Gasteiger partial charge < -0.3 is 15.0 Å². The molecule has 8 heteroatoms. The van der Waals surface area contributed by atoms with Crippen LogP contribution in [0, 0.1) is 6.92 Å². The van der Waals surface area contributed by atoms with Crippen LogP contribution in [0.15, 0.2) is 12.4 Å². The van der Waals surface area contributed by atoms with Gasteiger partial charge in [-0.2, -0.15) is 0 Å². The number of amides is 2. The molecule has 0 spiro atoms. The number of ether oxygens (including phenoxy) is 1. The SMILES string of the molecule is CCN(CCC(=O)NCCN1CCOCC1)C(=O)c1cnc(C)cn1. The fourth-order valence-electron chi connectivity index (χ4n) is 2.57. The number of carbonyl (C=O) groups excluding carboxylic acids is 2. The lowest BCUT2D eigenvalue weighted by Gasteiger charge is -2.26. The van der Waals surface area contributed by atoms with E-state index in [1.807, 2.05) is 13.8 Å². The predicted molar refractivity (Wildman–Crippen MR) is 93.2 cm³/mol. The Labute approximate surface area is 148 Å². The van der Waals surface area contributed by atoms with E-state index in [-0.39, 0.29) is 18.2 Å². The molecular weight excluding hydrogens is 322 g/mol. The van der Waals surface area contributed by atoms with E-state index in [2.05, 4.69) is 20.2 Å². The molecule has 0 bridgehead atoms. The Morgan fingerprint density at radius 2 is 2.04 bits per heavy atom. The smallest absolute Gasteiger partial charge is 0.274 e. The molecule has 1 aliphatic rings. The maximum Gasteiger partial charge on any atom is 0.274 e. The van der Waals surface area contributed by atoms with Crippen molar-refractivity contribution in [3.8, 4) is 0 Å². The van der Waals surface area contributed by atoms with Crippen molar-refractivity contribution in [1.29, 1.82) is 0 Å². The average Bonchev–Trinajstić information content (AvgIpc) is 2.63. The topological polar surface area (TPSA) is 87.7 Å². The van der Waals surface area contributed by atoms with E-state index in [0.29, 0.717) is 25.3 Å². The third-order valence-corrected chi connectivity index (χ3v) is 4.13. The molecule has 1 fully saturated rings. The van der Waals surface area contributed by atoms with Crippen molar-refractivity contribution in [3.05, 3.63) is 23.8 Å². The van der Waals surface area contributed by atoms with E-state index in [1.54, 1.807) is 11.1 Å². The van der Waals surface area contributed by atoms with Gasteiger partial charge in [0.2, 0.25) is 5.91 Å². The standard InChI is InChI=1S/C17H27N5O3/c1-3-22(17(24)15-13-19-14(2)12-20-15)6-4-16(23)18-5-7-21-8-10-25-11-9-21/h12-13H,3-11H2,1-2H3,(H,18,23). The zero-order chi connectivity index (χ0) is 18.1. The van der Waals surface area contributed by atoms with Gasteiger partial charge in [-0.05, 0) is 13.8 Å². The van der Waals surface area contributed by atoms with E-state index in [4.69, 9.17) is 4.74 Å². The Balaban J connectivity index is 1.70. The minimum atomic E-state index is -0.198. The van der Waals surface area contributed by atoms with Crippen LogP contribution in [0.5, 0.6) is 0 Å². The quantitative estimate of drug-likeness (QED) is 0.715. The van der Waals surface area contributed by atoms with Gasteiger partial charge in [-0.25, -0.2) is 4.98 Å². The third-order valence-electron chi connectivity index (χ3n) is 4.13. The molecule has 0 radical (unpaired) electrons. The Bertz CT molecular complexity index is 558. The summed E-state index contributed by atoms with van der Waals surface area (Å²) < 4.78 is 5.29. The first kappa shape index (κ1) is 19.3. The maximum atomic E-state index is 12.4. The highest BCUT2D eigenvalue weighted by Gasteiger charge is 2.17. The number of aromatic nitrogens is 2. The van der Waals surface area contributed by atoms with Crippen LogP contribution in [-0.2, 0) is 9.53 Å². The molecule has 1 saturated heterocycles. The molecule has 1 aliphatic heterocycles. The lowest BCUT2D eigenvalue weighted by Crippen LogP contribution is -2.42. The largest absolute Gasteiger partial charge is 0.379 e. The molecule has 1 aromatic heterocycles. The van der Waals surface area contributed by atoms with Crippen LogP contribution in [0.1, 0.15) is 29.5 Å². The van der Waals surface area contributed by atoms with Crippen LogP contribution in [0.3, 0.4) is 0 Å². The number of hydrogen-bond donors (Lipinski definition) is 1. The number of aryl methyl sites for hydroxylation is 1. The van der Waals surface area contributed by atoms with E-state index < -0.39 is 0 Å². The number of nitrogens with zero attached hydrogens (tertiary/aromatic N) is 4. The minimum absolute atomic E-state index is 0.0468. The van der Waals surface area contributed by atoms with Gasteiger partial charge in [0.1, 0.15) is 5.69 Å². The summed E-state index contributed by atoms with van der Waals surface area (Å²) in [5.74, 6) is -0.245. The lowest BCUT2D eigenvalue weighted by atomic mass is 10.3. The number of morpholine rings is 1. The van der Waals surface area contributed by atoms with E-state index >= 15 is 0 Å². The molecule has 2 rings (SSSR count). The first-order valence-electron chi connectivity index (χ1n) is 8.75. The van der Waals surface area contributed by atoms with Crippen molar-refractivity contribution >= 4 is 11.8 Å². The normalized spacial score (nSPS) is 15.0. The van der Waals surface area contributed by atoms with E-state index in [9.17, 15) is 9.59 Å². The van der Waals surface area contributed by atoms with Crippen molar-refractivity contribution in [2.75, 3.05) is 52.5 Å². The fraction of sp³-hybridized carbons (Fsp3) is 0.647. The first-order valence-corrected chi connectivity index (χ1v) is 8.75. The molecule has 2 heterocycles. The van der Waals surface area contributed by atoms with Gasteiger partial charge >= 0.3 is 0 Å². The highest BCUT2D eigenvalue weighted by Crippen LogP contribution is 2.02. The summed E-state index contributed by atoms with van der Waals surface area (Å²) in [5.41, 5.74) is 1.07. The molecule has 25 heavy (non-hydrogen) atoms. The Morgan fingerprint density at radius 3 is 2.68 bits per heavy atom. The molecule has 0 saturated carbocycles. The highest BCUT2D eigenvalue weighted by atomic mass is 16.5. The van der Waals surface area contributed by atoms with Gasteiger partial charge in [-0.1, -0.05) is 0 Å². The summed E-state index contributed by atoms with van der Waals surface area (Å²) in [6.07, 6.45) is 3.32. The second kappa shape index (κ2) is 10.0. The summed E-state index contributed by atoms with van der Waals surface area (Å²) in [7, 11) is 0. The molecule has 0 unspecified atom stereocenters. The van der Waals surface area contributed by atoms with Crippen molar-refractivity contribution in [3.63, 3.8) is 0 Å². The van der Waals surface area contributed by atoms with Crippen molar-refractivity contribution in [1.82, 2.24) is 25.1 Å². The van der Waals surface area contributed by atoms with Gasteiger partial charge in [-0.15, -0.1) is 0 Å². The molecule has 0 aliphatic carbocycles. The monoisotopic (exact) mass is 349 g/mol. The number of carbonyl (C=O) groups is 2. The van der Waals surface area contributed by atoms with Crippen LogP contribution >= 0.6 is 0 Å². The van der Waals surface area contributed by atoms with Gasteiger partial charge in [0.15, 0.2) is 0 Å². The summed E-state index contributed by atoms with van der Waals surface area (Å²) in [6.45, 7) is 9.36. The molecule has 0 aromatic carbocycles. The molecule has 8 nitrogen and oxygen atoms in total. The molecule has 138 valence electrons. The number of rotatable bonds is 8. The van der Waals surface area contributed by atoms with Crippen molar-refractivity contribution < 1.29 is 14.3 Å². The van der Waals surface area contributed by atoms with Crippen LogP contribution < -0.4 is 5.32 Å². The molecule has 0 atom stereocenters. The number of hydrogen-bond acceptors (Lipinski definition) is 6. The zero-order valence-electron chi connectivity index (χ0n) is 15.0. The number of nitrogens with one attached hydrogen (secondary N) is 1. The fourth-order valence-corrected chi connectivity index (χ4v) is 2.57. The average molecular weight is 349 g/mol. The van der Waals surface area contributed by atoms with Crippen LogP contribution in [-0.4, -0.2) is 84.1 Å². The summed E-state index contributed by atoms with van der Waals surface area (Å²) in [6, 6.07) is 0. The van der Waals surface area contributed by atoms with Crippen molar-refractivity contribution in [2.45, 2.75) is 20.3 Å². The zero-order valence-corrected chi connectivity index (χ0v) is 15.0. The summed E-state index contributed by atoms with van der Waals surface area (Å²) in [5, 5.41) is 2.91. The summed E-state index contributed by atoms with van der Waals surface area (Å²) >= 11 is 0. The van der Waals surface area contributed by atoms with Crippen LogP contribution in [0.2, 0.25) is 0 Å². The van der Waals surface area contributed by atoms with E-state index in [0.717, 1.165) is 38.5 Å². The van der Waals surface area contributed by atoms with Gasteiger partial charge in [0, 0.05) is 51.9 Å². The molecular formula is C17H27N5O3. The third kappa shape index (κ3) is 6.39. The Kier molecular flexibility index (Phi) is 7.75. The Hall–Kier alpha value is -2.06. The van der Waals surface area contributed by atoms with Crippen molar-refractivity contribution in [2.24, 2.45) is 0 Å². The molecule has 1 aromatic rings. The van der Waals surface area contributed by atoms with Gasteiger partial charge in [-0.3, -0.25) is 19.5 Å². The van der Waals surface area contributed by atoms with Crippen LogP contribution in [0.25, 0.3) is 0 Å². The maximum absolute atomic E-state index is 12.4.